The molecule has 0 aliphatic rings. The molecule has 0 amide bonds. The fourth-order valence-electron chi connectivity index (χ4n) is 1.58. The van der Waals surface area contributed by atoms with Crippen molar-refractivity contribution in [3.05, 3.63) is 33.7 Å². The maximum absolute atomic E-state index is 10.5. The molecule has 3 aromatic heterocycles. The Morgan fingerprint density at radius 3 is 3.05 bits per heavy atom. The van der Waals surface area contributed by atoms with Gasteiger partial charge in [-0.2, -0.15) is 4.68 Å². The zero-order valence-electron chi connectivity index (χ0n) is 9.42. The van der Waals surface area contributed by atoms with Crippen molar-refractivity contribution < 1.29 is 4.92 Å². The van der Waals surface area contributed by atoms with Gasteiger partial charge in [0.2, 0.25) is 6.33 Å². The van der Waals surface area contributed by atoms with Gasteiger partial charge in [-0.3, -0.25) is 0 Å². The highest BCUT2D eigenvalue weighted by Gasteiger charge is 2.15. The highest BCUT2D eigenvalue weighted by molar-refractivity contribution is 7.16. The molecule has 3 aromatic rings. The molecule has 9 nitrogen and oxygen atoms in total. The van der Waals surface area contributed by atoms with Gasteiger partial charge in [0.05, 0.1) is 5.39 Å². The summed E-state index contributed by atoms with van der Waals surface area (Å²) in [6.07, 6.45) is 1.26. The summed E-state index contributed by atoms with van der Waals surface area (Å²) in [5.41, 5.74) is 5.81. The monoisotopic (exact) mass is 277 g/mol. The maximum atomic E-state index is 10.5. The molecule has 0 fully saturated rings. The molecule has 10 heteroatoms. The highest BCUT2D eigenvalue weighted by atomic mass is 32.1. The predicted octanol–water partition coefficient (Wildman–Crippen LogP) is 0.822. The van der Waals surface area contributed by atoms with Gasteiger partial charge in [0, 0.05) is 5.10 Å². The second kappa shape index (κ2) is 4.24. The van der Waals surface area contributed by atoms with Gasteiger partial charge in [-0.05, 0) is 16.4 Å². The van der Waals surface area contributed by atoms with Crippen LogP contribution in [0.25, 0.3) is 10.2 Å². The summed E-state index contributed by atoms with van der Waals surface area (Å²) in [5, 5.41) is 16.8. The third-order valence-corrected chi connectivity index (χ3v) is 3.20. The molecule has 0 spiro atoms. The standard InChI is InChI=1S/C9H7N7O2S/c10-7-5-1-2-19-8(5)13-6(12-7)3-15-4-11-9(14-15)16(17)18/h1-2,4H,3H2,(H2,10,12,13). The average molecular weight is 277 g/mol. The van der Waals surface area contributed by atoms with E-state index in [1.165, 1.54) is 22.3 Å². The van der Waals surface area contributed by atoms with E-state index in [9.17, 15) is 10.1 Å². The van der Waals surface area contributed by atoms with Crippen molar-refractivity contribution in [2.45, 2.75) is 6.54 Å². The Hall–Kier alpha value is -2.62. The summed E-state index contributed by atoms with van der Waals surface area (Å²) >= 11 is 1.45. The number of nitro groups is 1. The topological polar surface area (TPSA) is 126 Å². The van der Waals surface area contributed by atoms with E-state index in [1.54, 1.807) is 0 Å². The fourth-order valence-corrected chi connectivity index (χ4v) is 2.38. The number of hydrogen-bond acceptors (Lipinski definition) is 8. The van der Waals surface area contributed by atoms with E-state index in [4.69, 9.17) is 5.73 Å². The van der Waals surface area contributed by atoms with Crippen molar-refractivity contribution in [3.8, 4) is 0 Å². The van der Waals surface area contributed by atoms with Gasteiger partial charge < -0.3 is 15.8 Å². The van der Waals surface area contributed by atoms with Crippen LogP contribution in [0, 0.1) is 10.1 Å². The first-order valence-corrected chi connectivity index (χ1v) is 6.05. The van der Waals surface area contributed by atoms with Crippen molar-refractivity contribution in [1.29, 1.82) is 0 Å². The molecule has 0 unspecified atom stereocenters. The lowest BCUT2D eigenvalue weighted by Crippen LogP contribution is -2.07. The Morgan fingerprint density at radius 1 is 1.47 bits per heavy atom. The normalized spacial score (nSPS) is 10.9. The zero-order chi connectivity index (χ0) is 13.4. The van der Waals surface area contributed by atoms with E-state index in [0.717, 1.165) is 10.2 Å². The summed E-state index contributed by atoms with van der Waals surface area (Å²) in [6, 6.07) is 1.85. The summed E-state index contributed by atoms with van der Waals surface area (Å²) < 4.78 is 1.30. The smallest absolute Gasteiger partial charge is 0.390 e. The minimum Gasteiger partial charge on any atom is -0.390 e. The average Bonchev–Trinajstić information content (AvgIpc) is 2.97. The van der Waals surface area contributed by atoms with Crippen molar-refractivity contribution in [1.82, 2.24) is 24.7 Å². The summed E-state index contributed by atoms with van der Waals surface area (Å²) in [6.45, 7) is 0.179. The molecule has 0 atom stereocenters. The lowest BCUT2D eigenvalue weighted by Gasteiger charge is -2.00. The van der Waals surface area contributed by atoms with Crippen LogP contribution in [0.4, 0.5) is 11.8 Å². The molecule has 0 radical (unpaired) electrons. The highest BCUT2D eigenvalue weighted by Crippen LogP contribution is 2.22. The number of thiophene rings is 1. The van der Waals surface area contributed by atoms with Crippen LogP contribution < -0.4 is 5.73 Å². The van der Waals surface area contributed by atoms with Crippen LogP contribution >= 0.6 is 11.3 Å². The Kier molecular flexibility index (Phi) is 2.56. The lowest BCUT2D eigenvalue weighted by molar-refractivity contribution is -0.394. The molecule has 3 rings (SSSR count). The van der Waals surface area contributed by atoms with Crippen LogP contribution in [-0.2, 0) is 6.54 Å². The molecular weight excluding hydrogens is 270 g/mol. The van der Waals surface area contributed by atoms with Crippen molar-refractivity contribution in [2.24, 2.45) is 0 Å². The third-order valence-electron chi connectivity index (χ3n) is 2.39. The minimum atomic E-state index is -0.659. The minimum absolute atomic E-state index is 0.179. The van der Waals surface area contributed by atoms with Crippen LogP contribution in [0.2, 0.25) is 0 Å². The van der Waals surface area contributed by atoms with Crippen LogP contribution in [-0.4, -0.2) is 29.7 Å². The first kappa shape index (κ1) is 11.5. The molecule has 19 heavy (non-hydrogen) atoms. The number of hydrogen-bond donors (Lipinski definition) is 1. The zero-order valence-corrected chi connectivity index (χ0v) is 10.2. The molecule has 0 saturated heterocycles. The lowest BCUT2D eigenvalue weighted by atomic mass is 10.4. The number of rotatable bonds is 3. The Balaban J connectivity index is 1.93. The Labute approximate surface area is 109 Å². The molecule has 0 aromatic carbocycles. The van der Waals surface area contributed by atoms with E-state index in [-0.39, 0.29) is 6.54 Å². The van der Waals surface area contributed by atoms with Gasteiger partial charge >= 0.3 is 5.95 Å². The third kappa shape index (κ3) is 2.08. The van der Waals surface area contributed by atoms with Crippen molar-refractivity contribution >= 4 is 33.3 Å². The van der Waals surface area contributed by atoms with E-state index in [1.807, 2.05) is 11.4 Å². The summed E-state index contributed by atoms with van der Waals surface area (Å²) in [4.78, 5) is 22.6. The Bertz CT molecular complexity index is 765. The first-order chi connectivity index (χ1) is 9.13. The number of aromatic nitrogens is 5. The van der Waals surface area contributed by atoms with Gasteiger partial charge in [0.25, 0.3) is 0 Å². The van der Waals surface area contributed by atoms with E-state index < -0.39 is 10.9 Å². The van der Waals surface area contributed by atoms with Crippen molar-refractivity contribution in [2.75, 3.05) is 5.73 Å². The maximum Gasteiger partial charge on any atom is 0.490 e. The van der Waals surface area contributed by atoms with Gasteiger partial charge in [-0.1, -0.05) is 4.98 Å². The van der Waals surface area contributed by atoms with E-state index >= 15 is 0 Å². The van der Waals surface area contributed by atoms with Crippen LogP contribution in [0.3, 0.4) is 0 Å². The number of fused-ring (bicyclic) bond motifs is 1. The fraction of sp³-hybridized carbons (Fsp3) is 0.111. The molecule has 0 aliphatic carbocycles. The Morgan fingerprint density at radius 2 is 2.32 bits per heavy atom. The summed E-state index contributed by atoms with van der Waals surface area (Å²) in [5.74, 6) is 0.369. The van der Waals surface area contributed by atoms with Gasteiger partial charge in [0.15, 0.2) is 5.82 Å². The van der Waals surface area contributed by atoms with Crippen LogP contribution in [0.5, 0.6) is 0 Å². The number of nitrogen functional groups attached to an aromatic ring is 1. The predicted molar refractivity (Wildman–Crippen MR) is 67.6 cm³/mol. The molecule has 3 heterocycles. The summed E-state index contributed by atoms with van der Waals surface area (Å²) in [7, 11) is 0. The molecule has 0 saturated carbocycles. The second-order valence-corrected chi connectivity index (χ2v) is 4.56. The number of anilines is 1. The molecule has 2 N–H and O–H groups in total. The van der Waals surface area contributed by atoms with Crippen LogP contribution in [0.15, 0.2) is 17.8 Å². The van der Waals surface area contributed by atoms with E-state index in [0.29, 0.717) is 11.6 Å². The number of nitrogens with zero attached hydrogens (tertiary/aromatic N) is 6. The van der Waals surface area contributed by atoms with E-state index in [2.05, 4.69) is 20.1 Å². The molecule has 0 aliphatic heterocycles. The second-order valence-electron chi connectivity index (χ2n) is 3.66. The van der Waals surface area contributed by atoms with Gasteiger partial charge in [-0.25, -0.2) is 9.97 Å². The molecule has 0 bridgehead atoms. The quantitative estimate of drug-likeness (QED) is 0.554. The SMILES string of the molecule is Nc1nc(Cn2cnc([N+](=O)[O-])n2)nc2sccc12. The first-order valence-electron chi connectivity index (χ1n) is 5.17. The van der Waals surface area contributed by atoms with Crippen molar-refractivity contribution in [3.63, 3.8) is 0 Å². The van der Waals surface area contributed by atoms with Crippen LogP contribution in [0.1, 0.15) is 5.82 Å². The van der Waals surface area contributed by atoms with Gasteiger partial charge in [0.1, 0.15) is 17.2 Å². The van der Waals surface area contributed by atoms with Gasteiger partial charge in [-0.15, -0.1) is 11.3 Å². The molecule has 96 valence electrons. The molecular formula is C9H7N7O2S. The largest absolute Gasteiger partial charge is 0.490 e. The number of nitrogens with two attached hydrogens (primary N) is 1.